The van der Waals surface area contributed by atoms with Gasteiger partial charge in [-0.25, -0.2) is 4.99 Å². The third-order valence-corrected chi connectivity index (χ3v) is 5.46. The molecule has 0 bridgehead atoms. The van der Waals surface area contributed by atoms with Crippen molar-refractivity contribution in [2.75, 3.05) is 7.11 Å². The fourth-order valence-corrected chi connectivity index (χ4v) is 3.75. The van der Waals surface area contributed by atoms with Crippen molar-refractivity contribution in [3.05, 3.63) is 76.6 Å². The first-order valence-electron chi connectivity index (χ1n) is 10.7. The van der Waals surface area contributed by atoms with Gasteiger partial charge in [0.05, 0.1) is 29.4 Å². The van der Waals surface area contributed by atoms with E-state index < -0.39 is 5.41 Å². The van der Waals surface area contributed by atoms with Crippen molar-refractivity contribution >= 4 is 28.7 Å². The van der Waals surface area contributed by atoms with Gasteiger partial charge in [-0.3, -0.25) is 4.79 Å². The molecule has 0 amide bonds. The number of allylic oxidation sites excluding steroid dienone is 1. The number of carbonyl (C=O) groups excluding carboxylic acids is 1. The SMILES string of the molecule is COC1=CC(c2cc3ccccc3n2COC(=O)C(C)(C)C)=N/C1=C\c1[nH]c(C)cc1C. The van der Waals surface area contributed by atoms with Gasteiger partial charge in [0, 0.05) is 22.9 Å². The summed E-state index contributed by atoms with van der Waals surface area (Å²) in [6.45, 7) is 9.75. The minimum Gasteiger partial charge on any atom is -0.494 e. The third-order valence-electron chi connectivity index (χ3n) is 5.46. The van der Waals surface area contributed by atoms with Gasteiger partial charge in [-0.2, -0.15) is 0 Å². The maximum atomic E-state index is 12.4. The second-order valence-corrected chi connectivity index (χ2v) is 9.12. The number of ether oxygens (including phenoxy) is 2. The summed E-state index contributed by atoms with van der Waals surface area (Å²) in [7, 11) is 1.64. The number of hydrogen-bond donors (Lipinski definition) is 1. The second kappa shape index (κ2) is 8.19. The second-order valence-electron chi connectivity index (χ2n) is 9.12. The van der Waals surface area contributed by atoms with E-state index in [1.165, 1.54) is 0 Å². The standard InChI is InChI=1S/C26H29N3O3/c1-16-11-17(2)27-19(16)13-21-24(31-6)14-20(28-21)23-12-18-9-7-8-10-22(18)29(23)15-32-25(30)26(3,4)5/h7-14,27H,15H2,1-6H3/b21-13-. The van der Waals surface area contributed by atoms with Crippen LogP contribution in [0.25, 0.3) is 17.0 Å². The Balaban J connectivity index is 1.76. The van der Waals surface area contributed by atoms with Crippen LogP contribution in [0.3, 0.4) is 0 Å². The summed E-state index contributed by atoms with van der Waals surface area (Å²) >= 11 is 0. The molecule has 0 radical (unpaired) electrons. The van der Waals surface area contributed by atoms with Gasteiger partial charge in [0.1, 0.15) is 11.5 Å². The molecule has 1 aromatic carbocycles. The predicted molar refractivity (Wildman–Crippen MR) is 127 cm³/mol. The third kappa shape index (κ3) is 4.13. The van der Waals surface area contributed by atoms with Crippen LogP contribution in [0.4, 0.5) is 0 Å². The summed E-state index contributed by atoms with van der Waals surface area (Å²) < 4.78 is 13.3. The van der Waals surface area contributed by atoms with Crippen LogP contribution in [-0.4, -0.2) is 28.3 Å². The maximum Gasteiger partial charge on any atom is 0.312 e. The highest BCUT2D eigenvalue weighted by Crippen LogP contribution is 2.29. The van der Waals surface area contributed by atoms with Crippen molar-refractivity contribution in [3.8, 4) is 0 Å². The molecule has 1 aliphatic rings. The monoisotopic (exact) mass is 431 g/mol. The number of nitrogens with one attached hydrogen (secondary N) is 1. The minimum absolute atomic E-state index is 0.113. The fraction of sp³-hybridized carbons (Fsp3) is 0.308. The number of H-pyrrole nitrogens is 1. The molecule has 1 N–H and O–H groups in total. The van der Waals surface area contributed by atoms with Crippen molar-refractivity contribution in [1.82, 2.24) is 9.55 Å². The number of nitrogens with zero attached hydrogens (tertiary/aromatic N) is 2. The highest BCUT2D eigenvalue weighted by Gasteiger charge is 2.25. The Morgan fingerprint density at radius 3 is 2.59 bits per heavy atom. The lowest BCUT2D eigenvalue weighted by molar-refractivity contribution is -0.156. The number of aromatic amines is 1. The Bertz CT molecular complexity index is 1280. The molecular weight excluding hydrogens is 402 g/mol. The molecule has 0 saturated carbocycles. The molecule has 0 unspecified atom stereocenters. The highest BCUT2D eigenvalue weighted by molar-refractivity contribution is 6.13. The Hall–Kier alpha value is -3.54. The summed E-state index contributed by atoms with van der Waals surface area (Å²) in [5, 5.41) is 1.05. The van der Waals surface area contributed by atoms with Crippen LogP contribution in [0.1, 0.15) is 43.4 Å². The van der Waals surface area contributed by atoms with Crippen LogP contribution in [0.5, 0.6) is 0 Å². The smallest absolute Gasteiger partial charge is 0.312 e. The van der Waals surface area contributed by atoms with E-state index in [2.05, 4.69) is 24.0 Å². The molecule has 0 atom stereocenters. The van der Waals surface area contributed by atoms with Gasteiger partial charge in [0.2, 0.25) is 0 Å². The number of aromatic nitrogens is 2. The van der Waals surface area contributed by atoms with Crippen LogP contribution < -0.4 is 0 Å². The Morgan fingerprint density at radius 1 is 1.19 bits per heavy atom. The number of para-hydroxylation sites is 1. The summed E-state index contributed by atoms with van der Waals surface area (Å²) in [6.07, 6.45) is 3.92. The molecule has 0 spiro atoms. The first-order valence-corrected chi connectivity index (χ1v) is 10.7. The average molecular weight is 432 g/mol. The number of benzene rings is 1. The number of hydrogen-bond acceptors (Lipinski definition) is 4. The molecule has 1 aliphatic heterocycles. The van der Waals surface area contributed by atoms with E-state index >= 15 is 0 Å². The van der Waals surface area contributed by atoms with Crippen LogP contribution >= 0.6 is 0 Å². The van der Waals surface area contributed by atoms with Gasteiger partial charge >= 0.3 is 5.97 Å². The molecule has 6 nitrogen and oxygen atoms in total. The lowest BCUT2D eigenvalue weighted by Crippen LogP contribution is -2.24. The van der Waals surface area contributed by atoms with Crippen molar-refractivity contribution in [3.63, 3.8) is 0 Å². The van der Waals surface area contributed by atoms with E-state index in [4.69, 9.17) is 14.5 Å². The normalized spacial score (nSPS) is 15.2. The lowest BCUT2D eigenvalue weighted by Gasteiger charge is -2.18. The summed E-state index contributed by atoms with van der Waals surface area (Å²) in [5.41, 5.74) is 6.03. The molecular formula is C26H29N3O3. The lowest BCUT2D eigenvalue weighted by atomic mass is 9.98. The Morgan fingerprint density at radius 2 is 1.94 bits per heavy atom. The van der Waals surface area contributed by atoms with E-state index in [-0.39, 0.29) is 12.7 Å². The van der Waals surface area contributed by atoms with E-state index in [1.807, 2.05) is 68.7 Å². The van der Waals surface area contributed by atoms with Gasteiger partial charge in [0.25, 0.3) is 0 Å². The van der Waals surface area contributed by atoms with E-state index in [0.717, 1.165) is 45.0 Å². The van der Waals surface area contributed by atoms with E-state index in [0.29, 0.717) is 5.76 Å². The summed E-state index contributed by atoms with van der Waals surface area (Å²) in [6, 6.07) is 12.2. The van der Waals surface area contributed by atoms with E-state index in [9.17, 15) is 4.79 Å². The highest BCUT2D eigenvalue weighted by atomic mass is 16.5. The first-order chi connectivity index (χ1) is 15.2. The number of carbonyl (C=O) groups is 1. The Labute approximate surface area is 188 Å². The zero-order valence-corrected chi connectivity index (χ0v) is 19.4. The van der Waals surface area contributed by atoms with Crippen molar-refractivity contribution in [2.24, 2.45) is 10.4 Å². The molecule has 0 aliphatic carbocycles. The maximum absolute atomic E-state index is 12.4. The molecule has 0 fully saturated rings. The molecule has 4 rings (SSSR count). The predicted octanol–water partition coefficient (Wildman–Crippen LogP) is 5.51. The molecule has 3 aromatic rings. The van der Waals surface area contributed by atoms with Crippen molar-refractivity contribution < 1.29 is 14.3 Å². The molecule has 3 heterocycles. The van der Waals surface area contributed by atoms with Crippen molar-refractivity contribution in [1.29, 1.82) is 0 Å². The van der Waals surface area contributed by atoms with Crippen molar-refractivity contribution in [2.45, 2.75) is 41.3 Å². The molecule has 0 saturated heterocycles. The number of methoxy groups -OCH3 is 1. The number of rotatable bonds is 5. The van der Waals surface area contributed by atoms with Gasteiger partial charge in [-0.15, -0.1) is 0 Å². The molecule has 2 aromatic heterocycles. The zero-order chi connectivity index (χ0) is 23.0. The largest absolute Gasteiger partial charge is 0.494 e. The Kier molecular flexibility index (Phi) is 5.55. The van der Waals surface area contributed by atoms with E-state index in [1.54, 1.807) is 7.11 Å². The number of esters is 1. The van der Waals surface area contributed by atoms with Gasteiger partial charge < -0.3 is 19.0 Å². The molecule has 6 heteroatoms. The topological polar surface area (TPSA) is 68.6 Å². The summed E-state index contributed by atoms with van der Waals surface area (Å²) in [5.74, 6) is 0.441. The van der Waals surface area contributed by atoms with Crippen LogP contribution in [0.2, 0.25) is 0 Å². The van der Waals surface area contributed by atoms with Gasteiger partial charge in [0.15, 0.2) is 6.73 Å². The molecule has 166 valence electrons. The van der Waals surface area contributed by atoms with Gasteiger partial charge in [-0.05, 0) is 64.5 Å². The average Bonchev–Trinajstić information content (AvgIpc) is 3.40. The fourth-order valence-electron chi connectivity index (χ4n) is 3.75. The summed E-state index contributed by atoms with van der Waals surface area (Å²) in [4.78, 5) is 20.6. The molecule has 32 heavy (non-hydrogen) atoms. The number of aliphatic imine (C=N–C) groups is 1. The quantitative estimate of drug-likeness (QED) is 0.542. The van der Waals surface area contributed by atoms with Crippen LogP contribution in [-0.2, 0) is 21.0 Å². The first kappa shape index (κ1) is 21.7. The minimum atomic E-state index is -0.570. The van der Waals surface area contributed by atoms with Crippen LogP contribution in [0.15, 0.2) is 58.9 Å². The number of aryl methyl sites for hydroxylation is 2. The zero-order valence-electron chi connectivity index (χ0n) is 19.4. The van der Waals surface area contributed by atoms with Crippen LogP contribution in [0, 0.1) is 19.3 Å². The number of fused-ring (bicyclic) bond motifs is 1. The van der Waals surface area contributed by atoms with Gasteiger partial charge in [-0.1, -0.05) is 18.2 Å².